The fourth-order valence-electron chi connectivity index (χ4n) is 2.23. The van der Waals surface area contributed by atoms with E-state index in [0.717, 1.165) is 48.4 Å². The molecule has 0 bridgehead atoms. The van der Waals surface area contributed by atoms with Crippen molar-refractivity contribution in [3.05, 3.63) is 10.8 Å². The van der Waals surface area contributed by atoms with Gasteiger partial charge in [-0.25, -0.2) is 0 Å². The predicted octanol–water partition coefficient (Wildman–Crippen LogP) is 1.23. The molecule has 7 heteroatoms. The van der Waals surface area contributed by atoms with Gasteiger partial charge >= 0.3 is 0 Å². The fraction of sp³-hybridized carbons (Fsp3) is 0.750. The highest BCUT2D eigenvalue weighted by Gasteiger charge is 2.24. The largest absolute Gasteiger partial charge is 0.381 e. The minimum Gasteiger partial charge on any atom is -0.381 e. The highest BCUT2D eigenvalue weighted by molar-refractivity contribution is 7.16. The molecular weight excluding hydrogens is 262 g/mol. The maximum atomic E-state index is 5.41. The van der Waals surface area contributed by atoms with Crippen LogP contribution in [0.15, 0.2) is 0 Å². The Labute approximate surface area is 116 Å². The molecule has 0 amide bonds. The topological polar surface area (TPSA) is 64.3 Å². The maximum Gasteiger partial charge on any atom is 0.234 e. The van der Waals surface area contributed by atoms with E-state index < -0.39 is 0 Å². The van der Waals surface area contributed by atoms with Gasteiger partial charge in [0.05, 0.1) is 6.61 Å². The van der Waals surface area contributed by atoms with Gasteiger partial charge in [0.1, 0.15) is 5.01 Å². The molecule has 3 heterocycles. The monoisotopic (exact) mass is 281 g/mol. The van der Waals surface area contributed by atoms with E-state index in [2.05, 4.69) is 34.5 Å². The highest BCUT2D eigenvalue weighted by atomic mass is 32.1. The summed E-state index contributed by atoms with van der Waals surface area (Å²) in [5, 5.41) is 17.6. The first kappa shape index (κ1) is 13.0. The number of ether oxygens (including phenoxy) is 1. The molecule has 0 aromatic carbocycles. The van der Waals surface area contributed by atoms with Crippen LogP contribution in [0.3, 0.4) is 0 Å². The van der Waals surface area contributed by atoms with Crippen molar-refractivity contribution in [2.45, 2.75) is 38.6 Å². The van der Waals surface area contributed by atoms with Crippen LogP contribution in [-0.2, 0) is 11.2 Å². The first-order valence-corrected chi connectivity index (χ1v) is 7.58. The van der Waals surface area contributed by atoms with Gasteiger partial charge in [0.25, 0.3) is 0 Å². The molecule has 2 aromatic heterocycles. The minimum absolute atomic E-state index is 0.346. The van der Waals surface area contributed by atoms with Gasteiger partial charge in [-0.2, -0.15) is 9.61 Å². The molecule has 2 aromatic rings. The predicted molar refractivity (Wildman–Crippen MR) is 73.7 cm³/mol. The van der Waals surface area contributed by atoms with Gasteiger partial charge < -0.3 is 10.1 Å². The quantitative estimate of drug-likeness (QED) is 0.893. The van der Waals surface area contributed by atoms with E-state index in [1.54, 1.807) is 11.3 Å². The third-order valence-electron chi connectivity index (χ3n) is 3.24. The summed E-state index contributed by atoms with van der Waals surface area (Å²) in [6.45, 7) is 6.80. The number of aromatic nitrogens is 4. The summed E-state index contributed by atoms with van der Waals surface area (Å²) < 4.78 is 7.31. The third-order valence-corrected chi connectivity index (χ3v) is 4.20. The summed E-state index contributed by atoms with van der Waals surface area (Å²) >= 11 is 1.63. The van der Waals surface area contributed by atoms with Crippen molar-refractivity contribution in [2.75, 3.05) is 19.8 Å². The van der Waals surface area contributed by atoms with Gasteiger partial charge in [-0.3, -0.25) is 0 Å². The summed E-state index contributed by atoms with van der Waals surface area (Å²) in [5.41, 5.74) is 0. The van der Waals surface area contributed by atoms with Crippen molar-refractivity contribution < 1.29 is 4.74 Å². The molecule has 1 unspecified atom stereocenters. The molecule has 1 fully saturated rings. The molecule has 1 N–H and O–H groups in total. The zero-order valence-electron chi connectivity index (χ0n) is 11.3. The Morgan fingerprint density at radius 3 is 3.11 bits per heavy atom. The van der Waals surface area contributed by atoms with Crippen molar-refractivity contribution in [1.29, 1.82) is 0 Å². The standard InChI is InChI=1S/C12H19N5OS/c1-8(2)13-5-3-10-16-17-11(9-4-6-18-7-9)14-15-12(17)19-10/h8-9,13H,3-7H2,1-2H3. The third kappa shape index (κ3) is 2.77. The maximum absolute atomic E-state index is 5.41. The van der Waals surface area contributed by atoms with Gasteiger partial charge in [-0.1, -0.05) is 25.2 Å². The lowest BCUT2D eigenvalue weighted by Crippen LogP contribution is -2.24. The second-order valence-electron chi connectivity index (χ2n) is 5.17. The average Bonchev–Trinajstić information content (AvgIpc) is 3.01. The van der Waals surface area contributed by atoms with Crippen LogP contribution in [0.25, 0.3) is 4.96 Å². The van der Waals surface area contributed by atoms with E-state index in [9.17, 15) is 0 Å². The van der Waals surface area contributed by atoms with Crippen molar-refractivity contribution in [3.8, 4) is 0 Å². The summed E-state index contributed by atoms with van der Waals surface area (Å²) in [5.74, 6) is 1.30. The summed E-state index contributed by atoms with van der Waals surface area (Å²) in [4.78, 5) is 0.890. The Bertz CT molecular complexity index is 543. The molecule has 19 heavy (non-hydrogen) atoms. The number of rotatable bonds is 5. The van der Waals surface area contributed by atoms with Crippen LogP contribution in [-0.4, -0.2) is 45.6 Å². The SMILES string of the molecule is CC(C)NCCc1nn2c(C3CCOC3)nnc2s1. The number of fused-ring (bicyclic) bond motifs is 1. The van der Waals surface area contributed by atoms with Crippen molar-refractivity contribution in [2.24, 2.45) is 0 Å². The first-order valence-electron chi connectivity index (χ1n) is 6.76. The lowest BCUT2D eigenvalue weighted by Gasteiger charge is -2.05. The molecule has 0 radical (unpaired) electrons. The minimum atomic E-state index is 0.346. The van der Waals surface area contributed by atoms with Crippen LogP contribution in [0, 0.1) is 0 Å². The molecule has 3 rings (SSSR count). The number of nitrogens with zero attached hydrogens (tertiary/aromatic N) is 4. The second-order valence-corrected chi connectivity index (χ2v) is 6.21. The van der Waals surface area contributed by atoms with Crippen molar-refractivity contribution >= 4 is 16.3 Å². The molecule has 1 atom stereocenters. The van der Waals surface area contributed by atoms with E-state index in [1.165, 1.54) is 0 Å². The van der Waals surface area contributed by atoms with Crippen LogP contribution >= 0.6 is 11.3 Å². The Balaban J connectivity index is 1.73. The van der Waals surface area contributed by atoms with Gasteiger partial charge in [0, 0.05) is 31.5 Å². The van der Waals surface area contributed by atoms with Gasteiger partial charge in [-0.15, -0.1) is 10.2 Å². The summed E-state index contributed by atoms with van der Waals surface area (Å²) in [6, 6.07) is 0.511. The molecule has 1 aliphatic heterocycles. The zero-order chi connectivity index (χ0) is 13.2. The molecule has 6 nitrogen and oxygen atoms in total. The van der Waals surface area contributed by atoms with E-state index in [0.29, 0.717) is 12.0 Å². The van der Waals surface area contributed by atoms with E-state index in [-0.39, 0.29) is 0 Å². The molecule has 0 aliphatic carbocycles. The normalized spacial score (nSPS) is 19.8. The summed E-state index contributed by atoms with van der Waals surface area (Å²) in [6.07, 6.45) is 1.95. The molecule has 104 valence electrons. The Kier molecular flexibility index (Phi) is 3.76. The van der Waals surface area contributed by atoms with Crippen LogP contribution in [0.2, 0.25) is 0 Å². The van der Waals surface area contributed by atoms with Crippen molar-refractivity contribution in [1.82, 2.24) is 25.1 Å². The second kappa shape index (κ2) is 5.52. The average molecular weight is 281 g/mol. The van der Waals surface area contributed by atoms with Crippen LogP contribution in [0.4, 0.5) is 0 Å². The lowest BCUT2D eigenvalue weighted by molar-refractivity contribution is 0.193. The first-order chi connectivity index (χ1) is 9.24. The molecule has 1 aliphatic rings. The highest BCUT2D eigenvalue weighted by Crippen LogP contribution is 2.25. The van der Waals surface area contributed by atoms with Crippen LogP contribution < -0.4 is 5.32 Å². The fourth-order valence-corrected chi connectivity index (χ4v) is 3.07. The smallest absolute Gasteiger partial charge is 0.234 e. The molecule has 0 spiro atoms. The zero-order valence-corrected chi connectivity index (χ0v) is 12.1. The van der Waals surface area contributed by atoms with Gasteiger partial charge in [0.15, 0.2) is 5.82 Å². The van der Waals surface area contributed by atoms with E-state index >= 15 is 0 Å². The van der Waals surface area contributed by atoms with Crippen LogP contribution in [0.1, 0.15) is 37.0 Å². The Hall–Kier alpha value is -1.05. The van der Waals surface area contributed by atoms with E-state index in [1.807, 2.05) is 4.52 Å². The van der Waals surface area contributed by atoms with E-state index in [4.69, 9.17) is 4.74 Å². The van der Waals surface area contributed by atoms with Crippen LogP contribution in [0.5, 0.6) is 0 Å². The van der Waals surface area contributed by atoms with Gasteiger partial charge in [-0.05, 0) is 6.42 Å². The van der Waals surface area contributed by atoms with Gasteiger partial charge in [0.2, 0.25) is 4.96 Å². The molecular formula is C12H19N5OS. The van der Waals surface area contributed by atoms with Crippen molar-refractivity contribution in [3.63, 3.8) is 0 Å². The molecule has 1 saturated heterocycles. The summed E-state index contributed by atoms with van der Waals surface area (Å²) in [7, 11) is 0. The number of hydrogen-bond acceptors (Lipinski definition) is 6. The lowest BCUT2D eigenvalue weighted by atomic mass is 10.1. The number of nitrogens with one attached hydrogen (secondary N) is 1. The Morgan fingerprint density at radius 2 is 2.37 bits per heavy atom. The molecule has 0 saturated carbocycles. The Morgan fingerprint density at radius 1 is 1.47 bits per heavy atom. The number of hydrogen-bond donors (Lipinski definition) is 1.